The fourth-order valence-corrected chi connectivity index (χ4v) is 2.49. The molecule has 0 amide bonds. The minimum Gasteiger partial charge on any atom is -0.457 e. The Morgan fingerprint density at radius 2 is 2.00 bits per heavy atom. The van der Waals surface area contributed by atoms with E-state index in [-0.39, 0.29) is 0 Å². The second-order valence-electron chi connectivity index (χ2n) is 6.19. The molecule has 116 valence electrons. The third-order valence-corrected chi connectivity index (χ3v) is 4.19. The van der Waals surface area contributed by atoms with Crippen LogP contribution in [-0.4, -0.2) is 35.4 Å². The van der Waals surface area contributed by atoms with Crippen molar-refractivity contribution in [3.05, 3.63) is 12.2 Å². The maximum Gasteiger partial charge on any atom is 0.342 e. The number of hydrogen-bond donors (Lipinski definition) is 2. The second kappa shape index (κ2) is 7.23. The lowest BCUT2D eigenvalue weighted by Crippen LogP contribution is -2.49. The summed E-state index contributed by atoms with van der Waals surface area (Å²) in [7, 11) is 0. The largest absolute Gasteiger partial charge is 0.457 e. The van der Waals surface area contributed by atoms with Crippen LogP contribution in [0.5, 0.6) is 0 Å². The van der Waals surface area contributed by atoms with Gasteiger partial charge in [0.15, 0.2) is 5.60 Å². The predicted octanol–water partition coefficient (Wildman–Crippen LogP) is 2.56. The standard InChI is InChI=1S/C16H29NO3/c1-5-6-7-8-16(19,13(2)3)14(18)20-15(4)9-11-17-12-10-15/h17,19H,2,5-12H2,1,3-4H3. The van der Waals surface area contributed by atoms with Gasteiger partial charge < -0.3 is 15.2 Å². The maximum absolute atomic E-state index is 12.4. The molecule has 1 aliphatic heterocycles. The van der Waals surface area contributed by atoms with Crippen LogP contribution in [-0.2, 0) is 9.53 Å². The molecule has 0 aromatic carbocycles. The van der Waals surface area contributed by atoms with Crippen molar-refractivity contribution in [3.8, 4) is 0 Å². The van der Waals surface area contributed by atoms with Crippen LogP contribution in [0.2, 0.25) is 0 Å². The van der Waals surface area contributed by atoms with Crippen molar-refractivity contribution in [3.63, 3.8) is 0 Å². The van der Waals surface area contributed by atoms with Gasteiger partial charge >= 0.3 is 5.97 Å². The molecule has 2 N–H and O–H groups in total. The highest BCUT2D eigenvalue weighted by Crippen LogP contribution is 2.30. The van der Waals surface area contributed by atoms with E-state index in [1.807, 2.05) is 6.92 Å². The minimum atomic E-state index is -1.54. The molecule has 0 spiro atoms. The first kappa shape index (κ1) is 17.2. The van der Waals surface area contributed by atoms with Crippen LogP contribution in [0.15, 0.2) is 12.2 Å². The van der Waals surface area contributed by atoms with Crippen molar-refractivity contribution < 1.29 is 14.6 Å². The normalized spacial score (nSPS) is 21.0. The zero-order chi connectivity index (χ0) is 15.2. The number of hydrogen-bond acceptors (Lipinski definition) is 4. The number of carbonyl (C=O) groups excluding carboxylic acids is 1. The fraction of sp³-hybridized carbons (Fsp3) is 0.812. The lowest BCUT2D eigenvalue weighted by Gasteiger charge is -2.37. The van der Waals surface area contributed by atoms with E-state index < -0.39 is 17.2 Å². The number of rotatable bonds is 7. The zero-order valence-corrected chi connectivity index (χ0v) is 13.1. The van der Waals surface area contributed by atoms with Gasteiger partial charge in [-0.2, -0.15) is 0 Å². The molecule has 1 rings (SSSR count). The first-order valence-electron chi connectivity index (χ1n) is 7.66. The van der Waals surface area contributed by atoms with E-state index in [1.165, 1.54) is 0 Å². The van der Waals surface area contributed by atoms with Gasteiger partial charge in [0.05, 0.1) is 0 Å². The van der Waals surface area contributed by atoms with E-state index in [0.29, 0.717) is 12.0 Å². The molecule has 1 atom stereocenters. The van der Waals surface area contributed by atoms with E-state index in [9.17, 15) is 9.90 Å². The Kier molecular flexibility index (Phi) is 6.21. The van der Waals surface area contributed by atoms with Crippen LogP contribution in [0.25, 0.3) is 0 Å². The number of nitrogens with one attached hydrogen (secondary N) is 1. The third kappa shape index (κ3) is 4.32. The number of aliphatic hydroxyl groups is 1. The summed E-state index contributed by atoms with van der Waals surface area (Å²) in [6.07, 6.45) is 4.78. The first-order chi connectivity index (χ1) is 9.34. The molecule has 4 heteroatoms. The lowest BCUT2D eigenvalue weighted by atomic mass is 9.88. The van der Waals surface area contributed by atoms with Crippen molar-refractivity contribution in [2.45, 2.75) is 70.5 Å². The van der Waals surface area contributed by atoms with Crippen LogP contribution in [0, 0.1) is 0 Å². The van der Waals surface area contributed by atoms with Crippen LogP contribution in [0.1, 0.15) is 59.3 Å². The van der Waals surface area contributed by atoms with E-state index in [1.54, 1.807) is 6.92 Å². The highest BCUT2D eigenvalue weighted by molar-refractivity contribution is 5.83. The summed E-state index contributed by atoms with van der Waals surface area (Å²) in [5, 5.41) is 13.9. The molecule has 1 fully saturated rings. The number of ether oxygens (including phenoxy) is 1. The maximum atomic E-state index is 12.4. The molecular formula is C16H29NO3. The van der Waals surface area contributed by atoms with E-state index >= 15 is 0 Å². The molecule has 0 aromatic rings. The molecule has 1 saturated heterocycles. The Hall–Kier alpha value is -0.870. The van der Waals surface area contributed by atoms with E-state index in [4.69, 9.17) is 4.74 Å². The van der Waals surface area contributed by atoms with Crippen molar-refractivity contribution in [1.29, 1.82) is 0 Å². The Bertz CT molecular complexity index is 348. The number of unbranched alkanes of at least 4 members (excludes halogenated alkanes) is 2. The molecular weight excluding hydrogens is 254 g/mol. The van der Waals surface area contributed by atoms with E-state index in [0.717, 1.165) is 45.2 Å². The number of esters is 1. The minimum absolute atomic E-state index is 0.392. The van der Waals surface area contributed by atoms with Gasteiger partial charge in [-0.15, -0.1) is 0 Å². The molecule has 0 aliphatic carbocycles. The smallest absolute Gasteiger partial charge is 0.342 e. The summed E-state index contributed by atoms with van der Waals surface area (Å²) in [5.41, 5.74) is -1.55. The summed E-state index contributed by atoms with van der Waals surface area (Å²) in [4.78, 5) is 12.4. The molecule has 0 saturated carbocycles. The summed E-state index contributed by atoms with van der Waals surface area (Å²) >= 11 is 0. The monoisotopic (exact) mass is 283 g/mol. The van der Waals surface area contributed by atoms with Gasteiger partial charge in [-0.25, -0.2) is 4.79 Å². The van der Waals surface area contributed by atoms with E-state index in [2.05, 4.69) is 18.8 Å². The van der Waals surface area contributed by atoms with Crippen LogP contribution < -0.4 is 5.32 Å². The molecule has 0 radical (unpaired) electrons. The van der Waals surface area contributed by atoms with Crippen molar-refractivity contribution >= 4 is 5.97 Å². The quantitative estimate of drug-likeness (QED) is 0.428. The van der Waals surface area contributed by atoms with Crippen LogP contribution in [0.4, 0.5) is 0 Å². The number of piperidine rings is 1. The Balaban J connectivity index is 2.70. The highest BCUT2D eigenvalue weighted by Gasteiger charge is 2.42. The van der Waals surface area contributed by atoms with Crippen molar-refractivity contribution in [2.24, 2.45) is 0 Å². The third-order valence-electron chi connectivity index (χ3n) is 4.19. The summed E-state index contributed by atoms with van der Waals surface area (Å²) in [5.74, 6) is -0.537. The summed E-state index contributed by atoms with van der Waals surface area (Å²) < 4.78 is 5.65. The molecule has 0 bridgehead atoms. The SMILES string of the molecule is C=C(C)C(O)(CCCCC)C(=O)OC1(C)CCNCC1. The van der Waals surface area contributed by atoms with Gasteiger partial charge in [0.2, 0.25) is 0 Å². The first-order valence-corrected chi connectivity index (χ1v) is 7.66. The molecule has 0 aromatic heterocycles. The summed E-state index contributed by atoms with van der Waals surface area (Å²) in [6.45, 7) is 11.2. The molecule has 4 nitrogen and oxygen atoms in total. The Morgan fingerprint density at radius 3 is 2.50 bits per heavy atom. The van der Waals surface area contributed by atoms with Gasteiger partial charge in [0.25, 0.3) is 0 Å². The molecule has 1 unspecified atom stereocenters. The molecule has 20 heavy (non-hydrogen) atoms. The predicted molar refractivity (Wildman–Crippen MR) is 80.5 cm³/mol. The van der Waals surface area contributed by atoms with Gasteiger partial charge in [-0.05, 0) is 58.2 Å². The Labute approximate surface area is 122 Å². The van der Waals surface area contributed by atoms with Gasteiger partial charge in [0, 0.05) is 0 Å². The fourth-order valence-electron chi connectivity index (χ4n) is 2.49. The highest BCUT2D eigenvalue weighted by atomic mass is 16.6. The molecule has 1 heterocycles. The Morgan fingerprint density at radius 1 is 1.40 bits per heavy atom. The summed E-state index contributed by atoms with van der Waals surface area (Å²) in [6, 6.07) is 0. The van der Waals surface area contributed by atoms with Gasteiger partial charge in [-0.3, -0.25) is 0 Å². The topological polar surface area (TPSA) is 58.6 Å². The van der Waals surface area contributed by atoms with Crippen LogP contribution in [0.3, 0.4) is 0 Å². The van der Waals surface area contributed by atoms with Gasteiger partial charge in [-0.1, -0.05) is 26.3 Å². The zero-order valence-electron chi connectivity index (χ0n) is 13.1. The van der Waals surface area contributed by atoms with Crippen molar-refractivity contribution in [1.82, 2.24) is 5.32 Å². The molecule has 1 aliphatic rings. The van der Waals surface area contributed by atoms with Crippen molar-refractivity contribution in [2.75, 3.05) is 13.1 Å². The second-order valence-corrected chi connectivity index (χ2v) is 6.19. The average molecular weight is 283 g/mol. The van der Waals surface area contributed by atoms with Gasteiger partial charge in [0.1, 0.15) is 5.60 Å². The lowest BCUT2D eigenvalue weighted by molar-refractivity contribution is -0.179. The number of carbonyl (C=O) groups is 1. The average Bonchev–Trinajstić information content (AvgIpc) is 2.38. The van der Waals surface area contributed by atoms with Crippen LogP contribution >= 0.6 is 0 Å².